The summed E-state index contributed by atoms with van der Waals surface area (Å²) in [6, 6.07) is 3.26. The zero-order chi connectivity index (χ0) is 21.5. The number of hydrogen-bond acceptors (Lipinski definition) is 7. The summed E-state index contributed by atoms with van der Waals surface area (Å²) in [5, 5.41) is 6.20. The molecule has 0 spiro atoms. The van der Waals surface area contributed by atoms with Crippen LogP contribution in [-0.2, 0) is 22.1 Å². The van der Waals surface area contributed by atoms with Gasteiger partial charge >= 0.3 is 6.18 Å². The Morgan fingerprint density at radius 2 is 1.93 bits per heavy atom. The van der Waals surface area contributed by atoms with Crippen LogP contribution in [0.15, 0.2) is 12.1 Å². The Morgan fingerprint density at radius 1 is 1.20 bits per heavy atom. The van der Waals surface area contributed by atoms with Crippen molar-refractivity contribution in [3.8, 4) is 0 Å². The number of rotatable bonds is 3. The van der Waals surface area contributed by atoms with Gasteiger partial charge in [0.2, 0.25) is 16.0 Å². The molecule has 0 N–H and O–H groups in total. The molecule has 2 saturated heterocycles. The van der Waals surface area contributed by atoms with Gasteiger partial charge in [-0.3, -0.25) is 4.79 Å². The van der Waals surface area contributed by atoms with E-state index in [1.807, 2.05) is 6.07 Å². The third-order valence-electron chi connectivity index (χ3n) is 5.25. The fourth-order valence-electron chi connectivity index (χ4n) is 3.70. The first-order valence-corrected chi connectivity index (χ1v) is 12.8. The smallest absolute Gasteiger partial charge is 0.445 e. The molecule has 0 aliphatic carbocycles. The molecule has 1 atom stereocenters. The summed E-state index contributed by atoms with van der Waals surface area (Å²) in [6.45, 7) is 1.04. The van der Waals surface area contributed by atoms with Crippen LogP contribution in [-0.4, -0.2) is 56.7 Å². The number of nitrogens with zero attached hydrogens (tertiary/aromatic N) is 4. The van der Waals surface area contributed by atoms with Crippen molar-refractivity contribution in [2.24, 2.45) is 5.92 Å². The highest BCUT2D eigenvalue weighted by atomic mass is 35.5. The third-order valence-corrected chi connectivity index (χ3v) is 8.99. The molecule has 1 amide bonds. The molecule has 4 rings (SSSR count). The Labute approximate surface area is 187 Å². The van der Waals surface area contributed by atoms with E-state index in [1.54, 1.807) is 15.9 Å². The van der Waals surface area contributed by atoms with Gasteiger partial charge in [-0.05, 0) is 12.1 Å². The van der Waals surface area contributed by atoms with Crippen LogP contribution in [0.4, 0.5) is 18.3 Å². The minimum atomic E-state index is -4.53. The van der Waals surface area contributed by atoms with E-state index in [-0.39, 0.29) is 23.0 Å². The lowest BCUT2D eigenvalue weighted by Crippen LogP contribution is -2.52. The first-order valence-electron chi connectivity index (χ1n) is 9.28. The van der Waals surface area contributed by atoms with Crippen molar-refractivity contribution in [2.75, 3.05) is 36.0 Å². The fourth-order valence-corrected chi connectivity index (χ4v) is 6.92. The second-order valence-corrected chi connectivity index (χ2v) is 11.5. The number of carbonyl (C=O) groups is 1. The fraction of sp³-hybridized carbons (Fsp3) is 0.588. The van der Waals surface area contributed by atoms with Gasteiger partial charge in [0.25, 0.3) is 0 Å². The van der Waals surface area contributed by atoms with Gasteiger partial charge in [0, 0.05) is 43.3 Å². The summed E-state index contributed by atoms with van der Waals surface area (Å²) in [6.07, 6.45) is -3.35. The molecular formula is C17H18ClF3N4O2S3. The van der Waals surface area contributed by atoms with Crippen molar-refractivity contribution in [3.05, 3.63) is 26.4 Å². The van der Waals surface area contributed by atoms with Crippen molar-refractivity contribution in [1.82, 2.24) is 15.1 Å². The number of hydrogen-bond donors (Lipinski definition) is 0. The Hall–Kier alpha value is -1.08. The molecule has 2 aliphatic rings. The first-order chi connectivity index (χ1) is 14.2. The van der Waals surface area contributed by atoms with Crippen molar-refractivity contribution < 1.29 is 22.5 Å². The molecule has 164 valence electrons. The molecule has 2 fully saturated rings. The van der Waals surface area contributed by atoms with E-state index < -0.39 is 22.4 Å². The van der Waals surface area contributed by atoms with E-state index >= 15 is 0 Å². The number of alkyl halides is 3. The number of amides is 1. The van der Waals surface area contributed by atoms with Crippen molar-refractivity contribution >= 4 is 56.5 Å². The highest BCUT2D eigenvalue weighted by Gasteiger charge is 2.40. The maximum absolute atomic E-state index is 13.2. The molecule has 0 aromatic carbocycles. The number of thiophene rings is 1. The molecule has 0 radical (unpaired) electrons. The van der Waals surface area contributed by atoms with Gasteiger partial charge in [0.15, 0.2) is 0 Å². The van der Waals surface area contributed by atoms with E-state index in [9.17, 15) is 22.5 Å². The average Bonchev–Trinajstić information content (AvgIpc) is 3.37. The zero-order valence-corrected chi connectivity index (χ0v) is 18.8. The number of aromatic nitrogens is 2. The summed E-state index contributed by atoms with van der Waals surface area (Å²) in [5.74, 6) is 0.882. The second-order valence-electron chi connectivity index (χ2n) is 7.15. The highest BCUT2D eigenvalue weighted by Crippen LogP contribution is 2.39. The Kier molecular flexibility index (Phi) is 6.50. The SMILES string of the molecule is O=C(C1CC[S+]([O-])CC1)N1CCN(c2nnc(C(F)(F)F)s2)CC1c1ccc(Cl)s1. The molecule has 6 nitrogen and oxygen atoms in total. The minimum absolute atomic E-state index is 0.00844. The zero-order valence-electron chi connectivity index (χ0n) is 15.6. The number of halogens is 4. The normalized spacial score (nSPS) is 25.6. The van der Waals surface area contributed by atoms with Crippen LogP contribution in [0.3, 0.4) is 0 Å². The molecular weight excluding hydrogens is 481 g/mol. The Bertz CT molecular complexity index is 901. The quantitative estimate of drug-likeness (QED) is 0.601. The van der Waals surface area contributed by atoms with E-state index in [0.717, 1.165) is 4.88 Å². The predicted octanol–water partition coefficient (Wildman–Crippen LogP) is 3.82. The van der Waals surface area contributed by atoms with Crippen LogP contribution in [0.2, 0.25) is 4.34 Å². The Morgan fingerprint density at radius 3 is 2.53 bits per heavy atom. The maximum atomic E-state index is 13.2. The third kappa shape index (κ3) is 4.72. The van der Waals surface area contributed by atoms with E-state index in [4.69, 9.17) is 11.6 Å². The summed E-state index contributed by atoms with van der Waals surface area (Å²) in [5.41, 5.74) is 0. The van der Waals surface area contributed by atoms with Gasteiger partial charge in [-0.25, -0.2) is 0 Å². The molecule has 30 heavy (non-hydrogen) atoms. The molecule has 2 aromatic heterocycles. The van der Waals surface area contributed by atoms with Crippen LogP contribution in [0, 0.1) is 5.92 Å². The molecule has 0 saturated carbocycles. The van der Waals surface area contributed by atoms with Crippen molar-refractivity contribution in [3.63, 3.8) is 0 Å². The van der Waals surface area contributed by atoms with Crippen LogP contribution in [0.25, 0.3) is 0 Å². The maximum Gasteiger partial charge on any atom is 0.445 e. The topological polar surface area (TPSA) is 72.4 Å². The number of carbonyl (C=O) groups excluding carboxylic acids is 1. The first kappa shape index (κ1) is 22.1. The van der Waals surface area contributed by atoms with E-state index in [2.05, 4.69) is 10.2 Å². The van der Waals surface area contributed by atoms with Gasteiger partial charge in [0.05, 0.1) is 10.4 Å². The summed E-state index contributed by atoms with van der Waals surface area (Å²) >= 11 is 7.10. The van der Waals surface area contributed by atoms with Crippen LogP contribution in [0.5, 0.6) is 0 Å². The van der Waals surface area contributed by atoms with Crippen molar-refractivity contribution in [2.45, 2.75) is 25.1 Å². The number of anilines is 1. The number of piperazine rings is 1. The summed E-state index contributed by atoms with van der Waals surface area (Å²) < 4.78 is 51.0. The highest BCUT2D eigenvalue weighted by molar-refractivity contribution is 7.91. The van der Waals surface area contributed by atoms with Gasteiger partial charge in [-0.2, -0.15) is 13.2 Å². The summed E-state index contributed by atoms with van der Waals surface area (Å²) in [7, 11) is 0. The molecule has 0 bridgehead atoms. The minimum Gasteiger partial charge on any atom is -0.616 e. The molecule has 2 aromatic rings. The molecule has 2 aliphatic heterocycles. The van der Waals surface area contributed by atoms with Crippen LogP contribution < -0.4 is 4.90 Å². The second kappa shape index (κ2) is 8.81. The van der Waals surface area contributed by atoms with Crippen LogP contribution in [0.1, 0.15) is 28.8 Å². The molecule has 4 heterocycles. The standard InChI is InChI=1S/C17H18ClF3N4O2S3/c18-13-2-1-12(28-13)11-9-24(16-23-22-15(29-16)17(19,20)21)5-6-25(11)14(26)10-3-7-30(27)8-4-10/h1-2,10-11H,3-9H2. The van der Waals surface area contributed by atoms with Gasteiger partial charge in [0.1, 0.15) is 11.5 Å². The van der Waals surface area contributed by atoms with Crippen molar-refractivity contribution in [1.29, 1.82) is 0 Å². The average molecular weight is 499 g/mol. The van der Waals surface area contributed by atoms with Gasteiger partial charge in [-0.1, -0.05) is 34.1 Å². The lowest BCUT2D eigenvalue weighted by molar-refractivity contribution is -0.139. The summed E-state index contributed by atoms with van der Waals surface area (Å²) in [4.78, 5) is 17.6. The lowest BCUT2D eigenvalue weighted by atomic mass is 9.98. The Balaban J connectivity index is 1.55. The monoisotopic (exact) mass is 498 g/mol. The largest absolute Gasteiger partial charge is 0.616 e. The van der Waals surface area contributed by atoms with Crippen LogP contribution >= 0.6 is 34.3 Å². The molecule has 1 unspecified atom stereocenters. The van der Waals surface area contributed by atoms with Gasteiger partial charge < -0.3 is 14.4 Å². The van der Waals surface area contributed by atoms with E-state index in [1.165, 1.54) is 11.3 Å². The molecule has 13 heteroatoms. The lowest BCUT2D eigenvalue weighted by Gasteiger charge is -2.42. The predicted molar refractivity (Wildman–Crippen MR) is 112 cm³/mol. The van der Waals surface area contributed by atoms with Gasteiger partial charge in [-0.15, -0.1) is 21.5 Å². The van der Waals surface area contributed by atoms with E-state index in [0.29, 0.717) is 59.7 Å².